The Labute approximate surface area is 65.0 Å². The number of rotatable bonds is 0. The summed E-state index contributed by atoms with van der Waals surface area (Å²) in [7, 11) is 0. The summed E-state index contributed by atoms with van der Waals surface area (Å²) in [4.78, 5) is 0. The second kappa shape index (κ2) is 2.94. The fraction of sp³-hybridized carbons (Fsp3) is 0.900. The first-order chi connectivity index (χ1) is 4.61. The zero-order valence-electron chi connectivity index (χ0n) is 7.48. The van der Waals surface area contributed by atoms with Crippen LogP contribution in [0.4, 0.5) is 0 Å². The average Bonchev–Trinajstić information content (AvgIpc) is 1.88. The Balaban J connectivity index is 2.39. The molecule has 59 valence electrons. The van der Waals surface area contributed by atoms with E-state index in [-0.39, 0.29) is 0 Å². The van der Waals surface area contributed by atoms with Gasteiger partial charge in [-0.25, -0.2) is 0 Å². The molecule has 0 N–H and O–H groups in total. The van der Waals surface area contributed by atoms with Gasteiger partial charge in [0, 0.05) is 0 Å². The van der Waals surface area contributed by atoms with Crippen LogP contribution in [0, 0.1) is 17.8 Å². The fourth-order valence-electron chi connectivity index (χ4n) is 1.79. The van der Waals surface area contributed by atoms with Gasteiger partial charge in [0.05, 0.1) is 0 Å². The molecule has 0 bridgehead atoms. The van der Waals surface area contributed by atoms with Crippen LogP contribution in [0.5, 0.6) is 0 Å². The Bertz CT molecular complexity index is 91.1. The van der Waals surface area contributed by atoms with Gasteiger partial charge in [0.1, 0.15) is 0 Å². The summed E-state index contributed by atoms with van der Waals surface area (Å²) in [6, 6.07) is 0. The molecule has 0 heteroatoms. The predicted octanol–water partition coefficient (Wildman–Crippen LogP) is 3.43. The maximum atomic E-state index is 2.43. The SMILES string of the molecule is CC(C)(C)C1CC[CH]CC1. The van der Waals surface area contributed by atoms with Crippen molar-refractivity contribution in [3.8, 4) is 0 Å². The predicted molar refractivity (Wildman–Crippen MR) is 45.7 cm³/mol. The minimum atomic E-state index is 0.550. The lowest BCUT2D eigenvalue weighted by molar-refractivity contribution is 0.196. The van der Waals surface area contributed by atoms with Gasteiger partial charge in [-0.1, -0.05) is 20.8 Å². The Kier molecular flexibility index (Phi) is 2.38. The molecule has 0 amide bonds. The second-order valence-electron chi connectivity index (χ2n) is 4.51. The van der Waals surface area contributed by atoms with Crippen LogP contribution >= 0.6 is 0 Å². The lowest BCUT2D eigenvalue weighted by atomic mass is 9.72. The van der Waals surface area contributed by atoms with E-state index in [1.165, 1.54) is 25.7 Å². The quantitative estimate of drug-likeness (QED) is 0.482. The van der Waals surface area contributed by atoms with Crippen molar-refractivity contribution in [3.63, 3.8) is 0 Å². The molecule has 0 spiro atoms. The van der Waals surface area contributed by atoms with E-state index in [4.69, 9.17) is 0 Å². The van der Waals surface area contributed by atoms with Crippen molar-refractivity contribution in [1.82, 2.24) is 0 Å². The van der Waals surface area contributed by atoms with Crippen LogP contribution in [0.1, 0.15) is 46.5 Å². The van der Waals surface area contributed by atoms with Crippen LogP contribution in [0.3, 0.4) is 0 Å². The largest absolute Gasteiger partial charge is 0.0599 e. The Hall–Kier alpha value is 0. The molecule has 1 radical (unpaired) electrons. The summed E-state index contributed by atoms with van der Waals surface area (Å²) in [5, 5.41) is 0. The van der Waals surface area contributed by atoms with Gasteiger partial charge in [0.15, 0.2) is 0 Å². The number of hydrogen-bond donors (Lipinski definition) is 0. The van der Waals surface area contributed by atoms with Gasteiger partial charge in [0.2, 0.25) is 0 Å². The van der Waals surface area contributed by atoms with E-state index in [1.54, 1.807) is 0 Å². The molecule has 0 aromatic heterocycles. The molecule has 1 aliphatic rings. The Morgan fingerprint density at radius 3 is 1.90 bits per heavy atom. The molecule has 1 saturated carbocycles. The van der Waals surface area contributed by atoms with Crippen molar-refractivity contribution in [2.24, 2.45) is 11.3 Å². The summed E-state index contributed by atoms with van der Waals surface area (Å²) in [6.07, 6.45) is 7.97. The van der Waals surface area contributed by atoms with Crippen LogP contribution in [-0.2, 0) is 0 Å². The van der Waals surface area contributed by atoms with Gasteiger partial charge in [-0.3, -0.25) is 0 Å². The van der Waals surface area contributed by atoms with Gasteiger partial charge in [-0.05, 0) is 43.4 Å². The summed E-state index contributed by atoms with van der Waals surface area (Å²) >= 11 is 0. The van der Waals surface area contributed by atoms with Gasteiger partial charge in [-0.15, -0.1) is 0 Å². The lowest BCUT2D eigenvalue weighted by Gasteiger charge is -2.33. The monoisotopic (exact) mass is 139 g/mol. The van der Waals surface area contributed by atoms with Gasteiger partial charge >= 0.3 is 0 Å². The van der Waals surface area contributed by atoms with E-state index >= 15 is 0 Å². The lowest BCUT2D eigenvalue weighted by Crippen LogP contribution is -2.22. The molecule has 0 nitrogen and oxygen atoms in total. The maximum Gasteiger partial charge on any atom is -0.0354 e. The van der Waals surface area contributed by atoms with E-state index < -0.39 is 0 Å². The van der Waals surface area contributed by atoms with Crippen molar-refractivity contribution in [1.29, 1.82) is 0 Å². The molecule has 0 aliphatic heterocycles. The highest BCUT2D eigenvalue weighted by Crippen LogP contribution is 2.36. The molecule has 10 heavy (non-hydrogen) atoms. The molecular formula is C10H19. The van der Waals surface area contributed by atoms with Crippen LogP contribution in [0.2, 0.25) is 0 Å². The van der Waals surface area contributed by atoms with E-state index in [0.29, 0.717) is 5.41 Å². The van der Waals surface area contributed by atoms with Crippen molar-refractivity contribution in [2.45, 2.75) is 46.5 Å². The zero-order chi connectivity index (χ0) is 7.61. The highest BCUT2D eigenvalue weighted by atomic mass is 14.3. The van der Waals surface area contributed by atoms with Crippen molar-refractivity contribution in [3.05, 3.63) is 6.42 Å². The summed E-state index contributed by atoms with van der Waals surface area (Å²) < 4.78 is 0. The average molecular weight is 139 g/mol. The van der Waals surface area contributed by atoms with Crippen LogP contribution in [0.15, 0.2) is 0 Å². The van der Waals surface area contributed by atoms with Crippen molar-refractivity contribution < 1.29 is 0 Å². The molecule has 0 aromatic carbocycles. The van der Waals surface area contributed by atoms with Crippen LogP contribution in [0.25, 0.3) is 0 Å². The summed E-state index contributed by atoms with van der Waals surface area (Å²) in [5.41, 5.74) is 0.550. The highest BCUT2D eigenvalue weighted by molar-refractivity contribution is 4.83. The first-order valence-corrected chi connectivity index (χ1v) is 4.42. The minimum absolute atomic E-state index is 0.550. The van der Waals surface area contributed by atoms with E-state index in [9.17, 15) is 0 Å². The van der Waals surface area contributed by atoms with Gasteiger partial charge in [-0.2, -0.15) is 0 Å². The number of hydrogen-bond acceptors (Lipinski definition) is 0. The van der Waals surface area contributed by atoms with Crippen molar-refractivity contribution in [2.75, 3.05) is 0 Å². The minimum Gasteiger partial charge on any atom is -0.0599 e. The molecule has 0 atom stereocenters. The molecule has 0 saturated heterocycles. The highest BCUT2D eigenvalue weighted by Gasteiger charge is 2.25. The summed E-state index contributed by atoms with van der Waals surface area (Å²) in [5.74, 6) is 0.970. The molecule has 0 heterocycles. The summed E-state index contributed by atoms with van der Waals surface area (Å²) in [6.45, 7) is 7.09. The third-order valence-electron chi connectivity index (χ3n) is 2.66. The van der Waals surface area contributed by atoms with E-state index in [0.717, 1.165) is 5.92 Å². The van der Waals surface area contributed by atoms with Crippen molar-refractivity contribution >= 4 is 0 Å². The molecule has 0 aromatic rings. The van der Waals surface area contributed by atoms with Gasteiger partial charge < -0.3 is 0 Å². The first kappa shape index (κ1) is 8.10. The molecule has 1 fully saturated rings. The Morgan fingerprint density at radius 2 is 1.60 bits per heavy atom. The Morgan fingerprint density at radius 1 is 1.10 bits per heavy atom. The first-order valence-electron chi connectivity index (χ1n) is 4.42. The van der Waals surface area contributed by atoms with E-state index in [2.05, 4.69) is 27.2 Å². The molecule has 1 aliphatic carbocycles. The maximum absolute atomic E-state index is 2.43. The topological polar surface area (TPSA) is 0 Å². The normalized spacial score (nSPS) is 23.1. The molecular weight excluding hydrogens is 120 g/mol. The third kappa shape index (κ3) is 2.00. The van der Waals surface area contributed by atoms with Crippen LogP contribution < -0.4 is 0 Å². The fourth-order valence-corrected chi connectivity index (χ4v) is 1.79. The smallest absolute Gasteiger partial charge is 0.0354 e. The molecule has 1 rings (SSSR count). The zero-order valence-corrected chi connectivity index (χ0v) is 7.48. The second-order valence-corrected chi connectivity index (χ2v) is 4.51. The molecule has 0 unspecified atom stereocenters. The standard InChI is InChI=1S/C10H19/c1-10(2,3)9-7-5-4-6-8-9/h4,9H,5-8H2,1-3H3. The van der Waals surface area contributed by atoms with Gasteiger partial charge in [0.25, 0.3) is 0 Å². The van der Waals surface area contributed by atoms with E-state index in [1.807, 2.05) is 0 Å². The van der Waals surface area contributed by atoms with Crippen LogP contribution in [-0.4, -0.2) is 0 Å². The third-order valence-corrected chi connectivity index (χ3v) is 2.66.